The number of rotatable bonds is 5. The zero-order chi connectivity index (χ0) is 17.0. The van der Waals surface area contributed by atoms with Crippen LogP contribution in [-0.4, -0.2) is 17.5 Å². The molecule has 0 unspecified atom stereocenters. The van der Waals surface area contributed by atoms with E-state index in [1.807, 2.05) is 13.0 Å². The van der Waals surface area contributed by atoms with Gasteiger partial charge in [0.2, 0.25) is 0 Å². The topological polar surface area (TPSA) is 71.2 Å². The molecule has 23 heavy (non-hydrogen) atoms. The number of hydrogen-bond donors (Lipinski definition) is 2. The lowest BCUT2D eigenvalue weighted by atomic mass is 10.1. The molecular weight excluding hydrogens is 339 g/mol. The van der Waals surface area contributed by atoms with Gasteiger partial charge in [0.15, 0.2) is 6.61 Å². The SMILES string of the molecule is Cc1cc(C)c(CNC(=O)COc2ccc(Cl)cc2Cl)c(=O)[nH]1. The highest BCUT2D eigenvalue weighted by Crippen LogP contribution is 2.27. The molecule has 0 aliphatic heterocycles. The first-order chi connectivity index (χ1) is 10.9. The number of pyridine rings is 1. The van der Waals surface area contributed by atoms with Gasteiger partial charge < -0.3 is 15.0 Å². The number of aryl methyl sites for hydroxylation is 2. The number of amides is 1. The molecule has 0 atom stereocenters. The maximum Gasteiger partial charge on any atom is 0.258 e. The Morgan fingerprint density at radius 1 is 1.26 bits per heavy atom. The van der Waals surface area contributed by atoms with Crippen molar-refractivity contribution in [2.24, 2.45) is 0 Å². The highest BCUT2D eigenvalue weighted by atomic mass is 35.5. The molecule has 2 N–H and O–H groups in total. The lowest BCUT2D eigenvalue weighted by molar-refractivity contribution is -0.123. The zero-order valence-corrected chi connectivity index (χ0v) is 14.2. The minimum Gasteiger partial charge on any atom is -0.482 e. The summed E-state index contributed by atoms with van der Waals surface area (Å²) in [6.07, 6.45) is 0. The minimum absolute atomic E-state index is 0.137. The molecule has 2 rings (SSSR count). The van der Waals surface area contributed by atoms with Crippen molar-refractivity contribution in [2.45, 2.75) is 20.4 Å². The summed E-state index contributed by atoms with van der Waals surface area (Å²) in [6, 6.07) is 6.60. The van der Waals surface area contributed by atoms with Gasteiger partial charge in [-0.05, 0) is 43.7 Å². The monoisotopic (exact) mass is 354 g/mol. The third kappa shape index (κ3) is 4.74. The number of aromatic amines is 1. The quantitative estimate of drug-likeness (QED) is 0.866. The van der Waals surface area contributed by atoms with Crippen molar-refractivity contribution in [1.29, 1.82) is 0 Å². The molecule has 0 spiro atoms. The van der Waals surface area contributed by atoms with E-state index in [9.17, 15) is 9.59 Å². The number of aromatic nitrogens is 1. The smallest absolute Gasteiger partial charge is 0.258 e. The number of nitrogens with one attached hydrogen (secondary N) is 2. The Hall–Kier alpha value is -1.98. The maximum absolute atomic E-state index is 11.9. The Bertz CT molecular complexity index is 787. The fourth-order valence-corrected chi connectivity index (χ4v) is 2.54. The van der Waals surface area contributed by atoms with Gasteiger partial charge in [0.05, 0.1) is 5.02 Å². The minimum atomic E-state index is -0.351. The van der Waals surface area contributed by atoms with Gasteiger partial charge in [0.1, 0.15) is 5.75 Å². The van der Waals surface area contributed by atoms with Crippen LogP contribution in [0.1, 0.15) is 16.8 Å². The molecular formula is C16H16Cl2N2O3. The van der Waals surface area contributed by atoms with Crippen LogP contribution in [0.4, 0.5) is 0 Å². The molecule has 1 heterocycles. The van der Waals surface area contributed by atoms with Crippen molar-refractivity contribution in [2.75, 3.05) is 6.61 Å². The highest BCUT2D eigenvalue weighted by molar-refractivity contribution is 6.35. The van der Waals surface area contributed by atoms with Crippen molar-refractivity contribution >= 4 is 29.1 Å². The van der Waals surface area contributed by atoms with Gasteiger partial charge in [-0.2, -0.15) is 0 Å². The van der Waals surface area contributed by atoms with Crippen LogP contribution in [0.2, 0.25) is 10.0 Å². The predicted octanol–water partition coefficient (Wildman–Crippen LogP) is 2.99. The molecule has 122 valence electrons. The first-order valence-electron chi connectivity index (χ1n) is 6.91. The van der Waals surface area contributed by atoms with Gasteiger partial charge in [0, 0.05) is 22.8 Å². The first-order valence-corrected chi connectivity index (χ1v) is 7.66. The van der Waals surface area contributed by atoms with E-state index in [1.54, 1.807) is 19.1 Å². The normalized spacial score (nSPS) is 10.4. The van der Waals surface area contributed by atoms with E-state index < -0.39 is 0 Å². The number of ether oxygens (including phenoxy) is 1. The fraction of sp³-hybridized carbons (Fsp3) is 0.250. The lowest BCUT2D eigenvalue weighted by Crippen LogP contribution is -2.31. The Labute approximate surface area is 143 Å². The fourth-order valence-electron chi connectivity index (χ4n) is 2.07. The van der Waals surface area contributed by atoms with E-state index in [2.05, 4.69) is 10.3 Å². The van der Waals surface area contributed by atoms with Crippen LogP contribution >= 0.6 is 23.2 Å². The second-order valence-corrected chi connectivity index (χ2v) is 5.93. The third-order valence-electron chi connectivity index (χ3n) is 3.21. The Morgan fingerprint density at radius 2 is 2.00 bits per heavy atom. The number of carbonyl (C=O) groups is 1. The van der Waals surface area contributed by atoms with Crippen LogP contribution in [-0.2, 0) is 11.3 Å². The summed E-state index contributed by atoms with van der Waals surface area (Å²) in [7, 11) is 0. The molecule has 0 saturated heterocycles. The summed E-state index contributed by atoms with van der Waals surface area (Å²) in [4.78, 5) is 26.4. The molecule has 1 aromatic carbocycles. The molecule has 2 aromatic rings. The van der Waals surface area contributed by atoms with Gasteiger partial charge >= 0.3 is 0 Å². The number of carbonyl (C=O) groups excluding carboxylic acids is 1. The van der Waals surface area contributed by atoms with Gasteiger partial charge in [-0.3, -0.25) is 9.59 Å². The largest absolute Gasteiger partial charge is 0.482 e. The van der Waals surface area contributed by atoms with E-state index in [0.717, 1.165) is 11.3 Å². The molecule has 0 aliphatic rings. The lowest BCUT2D eigenvalue weighted by Gasteiger charge is -2.10. The average molecular weight is 355 g/mol. The molecule has 5 nitrogen and oxygen atoms in total. The maximum atomic E-state index is 11.9. The number of halogens is 2. The average Bonchev–Trinajstić information content (AvgIpc) is 2.45. The summed E-state index contributed by atoms with van der Waals surface area (Å²) in [6.45, 7) is 3.57. The third-order valence-corrected chi connectivity index (χ3v) is 3.74. The van der Waals surface area contributed by atoms with Crippen molar-refractivity contribution < 1.29 is 9.53 Å². The highest BCUT2D eigenvalue weighted by Gasteiger charge is 2.09. The van der Waals surface area contributed by atoms with Crippen LogP contribution in [0, 0.1) is 13.8 Å². The van der Waals surface area contributed by atoms with Gasteiger partial charge in [0.25, 0.3) is 11.5 Å². The predicted molar refractivity (Wildman–Crippen MR) is 90.3 cm³/mol. The summed E-state index contributed by atoms with van der Waals surface area (Å²) >= 11 is 11.7. The molecule has 1 amide bonds. The van der Waals surface area contributed by atoms with E-state index in [4.69, 9.17) is 27.9 Å². The van der Waals surface area contributed by atoms with Crippen LogP contribution in [0.25, 0.3) is 0 Å². The van der Waals surface area contributed by atoms with Crippen molar-refractivity contribution in [1.82, 2.24) is 10.3 Å². The van der Waals surface area contributed by atoms with Gasteiger partial charge in [-0.25, -0.2) is 0 Å². The van der Waals surface area contributed by atoms with E-state index in [0.29, 0.717) is 21.4 Å². The summed E-state index contributed by atoms with van der Waals surface area (Å²) in [5.74, 6) is 0.0194. The summed E-state index contributed by atoms with van der Waals surface area (Å²) < 4.78 is 5.33. The number of H-pyrrole nitrogens is 1. The molecule has 7 heteroatoms. The molecule has 0 aliphatic carbocycles. The van der Waals surface area contributed by atoms with Crippen molar-refractivity contribution in [3.05, 3.63) is 61.5 Å². The molecule has 0 saturated carbocycles. The molecule has 0 fully saturated rings. The molecule has 0 radical (unpaired) electrons. The van der Waals surface area contributed by atoms with Crippen LogP contribution in [0.5, 0.6) is 5.75 Å². The molecule has 1 aromatic heterocycles. The van der Waals surface area contributed by atoms with E-state index in [1.165, 1.54) is 6.07 Å². The first kappa shape index (κ1) is 17.4. The Balaban J connectivity index is 1.92. The second kappa shape index (κ2) is 7.53. The number of hydrogen-bond acceptors (Lipinski definition) is 3. The standard InChI is InChI=1S/C16H16Cl2N2O3/c1-9-5-10(2)20-16(22)12(9)7-19-15(21)8-23-14-4-3-11(17)6-13(14)18/h3-6H,7-8H2,1-2H3,(H,19,21)(H,20,22). The summed E-state index contributed by atoms with van der Waals surface area (Å²) in [5.41, 5.74) is 1.93. The van der Waals surface area contributed by atoms with Gasteiger partial charge in [-0.1, -0.05) is 23.2 Å². The zero-order valence-electron chi connectivity index (χ0n) is 12.7. The van der Waals surface area contributed by atoms with Crippen LogP contribution in [0.15, 0.2) is 29.1 Å². The Kier molecular flexibility index (Phi) is 5.69. The second-order valence-electron chi connectivity index (χ2n) is 5.08. The van der Waals surface area contributed by atoms with Crippen molar-refractivity contribution in [3.8, 4) is 5.75 Å². The molecule has 0 bridgehead atoms. The Morgan fingerprint density at radius 3 is 2.65 bits per heavy atom. The van der Waals surface area contributed by atoms with Crippen LogP contribution < -0.4 is 15.6 Å². The van der Waals surface area contributed by atoms with Crippen molar-refractivity contribution in [3.63, 3.8) is 0 Å². The number of benzene rings is 1. The van der Waals surface area contributed by atoms with E-state index in [-0.39, 0.29) is 24.6 Å². The van der Waals surface area contributed by atoms with Crippen LogP contribution in [0.3, 0.4) is 0 Å². The summed E-state index contributed by atoms with van der Waals surface area (Å²) in [5, 5.41) is 3.46. The van der Waals surface area contributed by atoms with Gasteiger partial charge in [-0.15, -0.1) is 0 Å². The van der Waals surface area contributed by atoms with E-state index >= 15 is 0 Å².